The van der Waals surface area contributed by atoms with Crippen molar-refractivity contribution in [2.75, 3.05) is 33.9 Å². The number of methoxy groups -OCH3 is 1. The van der Waals surface area contributed by atoms with Crippen LogP contribution in [0.3, 0.4) is 0 Å². The van der Waals surface area contributed by atoms with Crippen LogP contribution in [0.2, 0.25) is 0 Å². The van der Waals surface area contributed by atoms with Crippen LogP contribution in [0, 0.1) is 0 Å². The number of benzene rings is 2. The largest absolute Gasteiger partial charge is 0.493 e. The maximum atomic E-state index is 12.3. The Hall–Kier alpha value is -2.53. The Bertz CT molecular complexity index is 716. The predicted molar refractivity (Wildman–Crippen MR) is 108 cm³/mol. The number of hydrogen-bond donors (Lipinski definition) is 1. The van der Waals surface area contributed by atoms with E-state index in [0.29, 0.717) is 31.2 Å². The molecule has 1 amide bonds. The molecule has 1 N–H and O–H groups in total. The van der Waals surface area contributed by atoms with Gasteiger partial charge in [0.1, 0.15) is 6.61 Å². The highest BCUT2D eigenvalue weighted by Gasteiger charge is 2.12. The Morgan fingerprint density at radius 2 is 1.78 bits per heavy atom. The molecule has 146 valence electrons. The van der Waals surface area contributed by atoms with Crippen LogP contribution in [0.5, 0.6) is 11.5 Å². The van der Waals surface area contributed by atoms with E-state index in [1.165, 1.54) is 5.56 Å². The van der Waals surface area contributed by atoms with Crippen LogP contribution in [0.15, 0.2) is 48.5 Å². The van der Waals surface area contributed by atoms with Crippen molar-refractivity contribution < 1.29 is 14.3 Å². The van der Waals surface area contributed by atoms with E-state index in [-0.39, 0.29) is 11.9 Å². The maximum Gasteiger partial charge on any atom is 0.234 e. The molecule has 0 aliphatic rings. The smallest absolute Gasteiger partial charge is 0.234 e. The number of ether oxygens (including phenoxy) is 2. The molecular formula is C22H30N2O3. The van der Waals surface area contributed by atoms with E-state index in [4.69, 9.17) is 9.47 Å². The van der Waals surface area contributed by atoms with Crippen LogP contribution in [0.25, 0.3) is 0 Å². The molecule has 0 aromatic heterocycles. The lowest BCUT2D eigenvalue weighted by molar-refractivity contribution is -0.122. The third kappa shape index (κ3) is 6.61. The summed E-state index contributed by atoms with van der Waals surface area (Å²) in [6.07, 6.45) is 1.02. The van der Waals surface area contributed by atoms with Crippen LogP contribution in [0.4, 0.5) is 0 Å². The topological polar surface area (TPSA) is 50.8 Å². The summed E-state index contributed by atoms with van der Waals surface area (Å²) in [5.41, 5.74) is 2.41. The lowest BCUT2D eigenvalue weighted by Gasteiger charge is -2.20. The fraction of sp³-hybridized carbons (Fsp3) is 0.409. The number of para-hydroxylation sites is 2. The first-order valence-corrected chi connectivity index (χ1v) is 9.36. The molecule has 0 fully saturated rings. The van der Waals surface area contributed by atoms with Crippen molar-refractivity contribution in [3.8, 4) is 11.5 Å². The van der Waals surface area contributed by atoms with Crippen molar-refractivity contribution in [2.24, 2.45) is 0 Å². The molecule has 2 rings (SSSR count). The number of aryl methyl sites for hydroxylation is 1. The SMILES string of the molecule is CCc1ccc(C(C)NC(=O)CN(C)CCOc2ccccc2OC)cc1. The van der Waals surface area contributed by atoms with Crippen LogP contribution >= 0.6 is 0 Å². The van der Waals surface area contributed by atoms with E-state index in [1.807, 2.05) is 43.1 Å². The second-order valence-corrected chi connectivity index (χ2v) is 6.62. The van der Waals surface area contributed by atoms with E-state index in [1.54, 1.807) is 7.11 Å². The molecule has 5 nitrogen and oxygen atoms in total. The molecule has 0 saturated carbocycles. The Kier molecular flexibility index (Phi) is 8.14. The summed E-state index contributed by atoms with van der Waals surface area (Å²) in [6, 6.07) is 15.9. The molecule has 2 aromatic rings. The molecule has 0 radical (unpaired) electrons. The van der Waals surface area contributed by atoms with Crippen molar-refractivity contribution in [3.63, 3.8) is 0 Å². The van der Waals surface area contributed by atoms with Gasteiger partial charge in [-0.2, -0.15) is 0 Å². The lowest BCUT2D eigenvalue weighted by Crippen LogP contribution is -2.38. The number of hydrogen-bond acceptors (Lipinski definition) is 4. The Morgan fingerprint density at radius 3 is 2.41 bits per heavy atom. The standard InChI is InChI=1S/C22H30N2O3/c1-5-18-10-12-19(13-11-18)17(2)23-22(25)16-24(3)14-15-27-21-9-7-6-8-20(21)26-4/h6-13,17H,5,14-16H2,1-4H3,(H,23,25). The van der Waals surface area contributed by atoms with Gasteiger partial charge in [0.2, 0.25) is 5.91 Å². The fourth-order valence-electron chi connectivity index (χ4n) is 2.79. The summed E-state index contributed by atoms with van der Waals surface area (Å²) in [7, 11) is 3.53. The summed E-state index contributed by atoms with van der Waals surface area (Å²) in [4.78, 5) is 14.2. The van der Waals surface area contributed by atoms with E-state index in [0.717, 1.165) is 12.0 Å². The number of rotatable bonds is 10. The summed E-state index contributed by atoms with van der Waals surface area (Å²) in [6.45, 7) is 5.59. The quantitative estimate of drug-likeness (QED) is 0.696. The number of amides is 1. The van der Waals surface area contributed by atoms with Gasteiger partial charge in [0.05, 0.1) is 19.7 Å². The molecular weight excluding hydrogens is 340 g/mol. The van der Waals surface area contributed by atoms with Gasteiger partial charge in [0.15, 0.2) is 11.5 Å². The summed E-state index contributed by atoms with van der Waals surface area (Å²) >= 11 is 0. The van der Waals surface area contributed by atoms with Crippen molar-refractivity contribution in [3.05, 3.63) is 59.7 Å². The predicted octanol–water partition coefficient (Wildman–Crippen LogP) is 3.45. The van der Waals surface area contributed by atoms with Crippen LogP contribution in [-0.4, -0.2) is 44.7 Å². The van der Waals surface area contributed by atoms with Gasteiger partial charge in [0.25, 0.3) is 0 Å². The highest BCUT2D eigenvalue weighted by molar-refractivity contribution is 5.78. The molecule has 2 aromatic carbocycles. The van der Waals surface area contributed by atoms with Crippen LogP contribution in [0.1, 0.15) is 31.0 Å². The third-order valence-electron chi connectivity index (χ3n) is 4.48. The van der Waals surface area contributed by atoms with Gasteiger partial charge < -0.3 is 14.8 Å². The van der Waals surface area contributed by atoms with Gasteiger partial charge in [-0.3, -0.25) is 9.69 Å². The summed E-state index contributed by atoms with van der Waals surface area (Å²) in [5.74, 6) is 1.42. The minimum atomic E-state index is -0.0124. The first-order valence-electron chi connectivity index (χ1n) is 9.36. The molecule has 27 heavy (non-hydrogen) atoms. The molecule has 1 atom stereocenters. The Balaban J connectivity index is 1.74. The van der Waals surface area contributed by atoms with Gasteiger partial charge in [0, 0.05) is 6.54 Å². The first kappa shape index (κ1) is 20.8. The molecule has 0 aliphatic heterocycles. The summed E-state index contributed by atoms with van der Waals surface area (Å²) in [5, 5.41) is 3.05. The average molecular weight is 370 g/mol. The van der Waals surface area contributed by atoms with Crippen molar-refractivity contribution in [1.82, 2.24) is 10.2 Å². The Labute approximate surface area is 162 Å². The monoisotopic (exact) mass is 370 g/mol. The lowest BCUT2D eigenvalue weighted by atomic mass is 10.1. The van der Waals surface area contributed by atoms with E-state index in [9.17, 15) is 4.79 Å². The Morgan fingerprint density at radius 1 is 1.11 bits per heavy atom. The van der Waals surface area contributed by atoms with Gasteiger partial charge in [-0.25, -0.2) is 0 Å². The first-order chi connectivity index (χ1) is 13.0. The molecule has 0 heterocycles. The fourth-order valence-corrected chi connectivity index (χ4v) is 2.79. The molecule has 1 unspecified atom stereocenters. The van der Waals surface area contributed by atoms with Gasteiger partial charge in [-0.15, -0.1) is 0 Å². The molecule has 5 heteroatoms. The maximum absolute atomic E-state index is 12.3. The zero-order valence-electron chi connectivity index (χ0n) is 16.7. The van der Waals surface area contributed by atoms with Crippen molar-refractivity contribution >= 4 is 5.91 Å². The van der Waals surface area contributed by atoms with Crippen LogP contribution in [-0.2, 0) is 11.2 Å². The second kappa shape index (κ2) is 10.6. The third-order valence-corrected chi connectivity index (χ3v) is 4.48. The highest BCUT2D eigenvalue weighted by atomic mass is 16.5. The molecule has 0 aliphatic carbocycles. The normalized spacial score (nSPS) is 11.9. The number of nitrogens with zero attached hydrogens (tertiary/aromatic N) is 1. The summed E-state index contributed by atoms with van der Waals surface area (Å²) < 4.78 is 11.0. The molecule has 0 bridgehead atoms. The highest BCUT2D eigenvalue weighted by Crippen LogP contribution is 2.25. The number of carbonyl (C=O) groups is 1. The zero-order valence-corrected chi connectivity index (χ0v) is 16.7. The van der Waals surface area contributed by atoms with Crippen LogP contribution < -0.4 is 14.8 Å². The minimum absolute atomic E-state index is 0.00172. The second-order valence-electron chi connectivity index (χ2n) is 6.62. The van der Waals surface area contributed by atoms with Gasteiger partial charge >= 0.3 is 0 Å². The van der Waals surface area contributed by atoms with Crippen molar-refractivity contribution in [1.29, 1.82) is 0 Å². The zero-order chi connectivity index (χ0) is 19.6. The van der Waals surface area contributed by atoms with E-state index in [2.05, 4.69) is 36.5 Å². The van der Waals surface area contributed by atoms with E-state index < -0.39 is 0 Å². The number of nitrogens with one attached hydrogen (secondary N) is 1. The molecule has 0 spiro atoms. The van der Waals surface area contributed by atoms with Gasteiger partial charge in [-0.1, -0.05) is 43.3 Å². The number of carbonyl (C=O) groups excluding carboxylic acids is 1. The average Bonchev–Trinajstić information content (AvgIpc) is 2.68. The number of likely N-dealkylation sites (N-methyl/N-ethyl adjacent to an activating group) is 1. The van der Waals surface area contributed by atoms with Crippen molar-refractivity contribution in [2.45, 2.75) is 26.3 Å². The van der Waals surface area contributed by atoms with E-state index >= 15 is 0 Å². The molecule has 0 saturated heterocycles. The van der Waals surface area contributed by atoms with Gasteiger partial charge in [-0.05, 0) is 43.7 Å². The minimum Gasteiger partial charge on any atom is -0.493 e.